The van der Waals surface area contributed by atoms with Crippen LogP contribution in [0.4, 0.5) is 8.78 Å². The van der Waals surface area contributed by atoms with Gasteiger partial charge in [0.15, 0.2) is 11.6 Å². The minimum Gasteiger partial charge on any atom is -0.489 e. The first-order chi connectivity index (χ1) is 6.54. The number of hydrogen-bond donors (Lipinski definition) is 0. The van der Waals surface area contributed by atoms with Gasteiger partial charge in [-0.3, -0.25) is 0 Å². The average molecular weight is 265 g/mol. The van der Waals surface area contributed by atoms with Gasteiger partial charge >= 0.3 is 0 Å². The predicted octanol–water partition coefficient (Wildman–Crippen LogP) is 3.90. The van der Waals surface area contributed by atoms with E-state index >= 15 is 0 Å². The molecule has 1 nitrogen and oxygen atoms in total. The van der Waals surface area contributed by atoms with E-state index in [9.17, 15) is 8.78 Å². The summed E-state index contributed by atoms with van der Waals surface area (Å²) >= 11 is 3.11. The van der Waals surface area contributed by atoms with E-state index in [1.807, 2.05) is 13.8 Å². The van der Waals surface area contributed by atoms with E-state index in [0.29, 0.717) is 10.2 Å². The molecule has 1 unspecified atom stereocenters. The van der Waals surface area contributed by atoms with Crippen molar-refractivity contribution in [3.05, 3.63) is 28.2 Å². The van der Waals surface area contributed by atoms with Gasteiger partial charge in [-0.05, 0) is 35.3 Å². The third-order valence-corrected chi connectivity index (χ3v) is 2.50. The van der Waals surface area contributed by atoms with Crippen LogP contribution in [-0.4, -0.2) is 6.10 Å². The zero-order valence-electron chi connectivity index (χ0n) is 7.98. The van der Waals surface area contributed by atoms with Gasteiger partial charge in [0.1, 0.15) is 5.75 Å². The topological polar surface area (TPSA) is 9.23 Å². The molecule has 0 heterocycles. The largest absolute Gasteiger partial charge is 0.489 e. The Kier molecular flexibility index (Phi) is 3.86. The first-order valence-corrected chi connectivity index (χ1v) is 5.15. The van der Waals surface area contributed by atoms with Crippen molar-refractivity contribution in [3.63, 3.8) is 0 Å². The van der Waals surface area contributed by atoms with Crippen LogP contribution in [0.1, 0.15) is 20.3 Å². The molecule has 0 aliphatic heterocycles. The Labute approximate surface area is 90.2 Å². The molecule has 0 radical (unpaired) electrons. The standard InChI is InChI=1S/C10H11BrF2O/c1-3-6(2)14-10-5-9(13)8(12)4-7(10)11/h4-6H,3H2,1-2H3. The molecular weight excluding hydrogens is 254 g/mol. The van der Waals surface area contributed by atoms with E-state index in [0.717, 1.165) is 18.6 Å². The van der Waals surface area contributed by atoms with Gasteiger partial charge in [0.2, 0.25) is 0 Å². The molecule has 0 bridgehead atoms. The quantitative estimate of drug-likeness (QED) is 0.753. The van der Waals surface area contributed by atoms with Crippen molar-refractivity contribution in [2.24, 2.45) is 0 Å². The Morgan fingerprint density at radius 2 is 1.93 bits per heavy atom. The molecule has 0 amide bonds. The maximum Gasteiger partial charge on any atom is 0.162 e. The number of benzene rings is 1. The monoisotopic (exact) mass is 264 g/mol. The fraction of sp³-hybridized carbons (Fsp3) is 0.400. The highest BCUT2D eigenvalue weighted by Gasteiger charge is 2.10. The van der Waals surface area contributed by atoms with E-state index in [1.54, 1.807) is 0 Å². The van der Waals surface area contributed by atoms with Crippen molar-refractivity contribution in [2.75, 3.05) is 0 Å². The maximum atomic E-state index is 12.8. The van der Waals surface area contributed by atoms with Crippen LogP contribution < -0.4 is 4.74 Å². The van der Waals surface area contributed by atoms with Gasteiger partial charge in [0, 0.05) is 6.07 Å². The van der Waals surface area contributed by atoms with Crippen molar-refractivity contribution in [1.29, 1.82) is 0 Å². The molecule has 0 spiro atoms. The molecule has 1 rings (SSSR count). The molecule has 1 aromatic rings. The van der Waals surface area contributed by atoms with E-state index in [1.165, 1.54) is 0 Å². The molecule has 0 aliphatic carbocycles. The second-order valence-corrected chi connectivity index (χ2v) is 3.89. The van der Waals surface area contributed by atoms with E-state index in [4.69, 9.17) is 4.74 Å². The summed E-state index contributed by atoms with van der Waals surface area (Å²) < 4.78 is 31.4. The van der Waals surface area contributed by atoms with Crippen molar-refractivity contribution in [2.45, 2.75) is 26.4 Å². The van der Waals surface area contributed by atoms with Gasteiger partial charge in [0.25, 0.3) is 0 Å². The zero-order valence-corrected chi connectivity index (χ0v) is 9.57. The molecule has 0 aromatic heterocycles. The molecule has 0 saturated carbocycles. The summed E-state index contributed by atoms with van der Waals surface area (Å²) in [5.74, 6) is -1.45. The Balaban J connectivity index is 2.92. The zero-order chi connectivity index (χ0) is 10.7. The maximum absolute atomic E-state index is 12.8. The molecule has 0 fully saturated rings. The molecule has 1 aromatic carbocycles. The summed E-state index contributed by atoms with van der Waals surface area (Å²) in [6, 6.07) is 2.11. The number of halogens is 3. The van der Waals surface area contributed by atoms with E-state index in [-0.39, 0.29) is 6.10 Å². The first-order valence-electron chi connectivity index (χ1n) is 4.35. The molecular formula is C10H11BrF2O. The van der Waals surface area contributed by atoms with Crippen molar-refractivity contribution < 1.29 is 13.5 Å². The van der Waals surface area contributed by atoms with E-state index < -0.39 is 11.6 Å². The Bertz CT molecular complexity index is 328. The van der Waals surface area contributed by atoms with Crippen LogP contribution in [0.5, 0.6) is 5.75 Å². The second-order valence-electron chi connectivity index (χ2n) is 3.03. The van der Waals surface area contributed by atoms with Crippen LogP contribution in [0.3, 0.4) is 0 Å². The third-order valence-electron chi connectivity index (χ3n) is 1.88. The van der Waals surface area contributed by atoms with Crippen LogP contribution in [-0.2, 0) is 0 Å². The van der Waals surface area contributed by atoms with Crippen molar-refractivity contribution in [3.8, 4) is 5.75 Å². The Hall–Kier alpha value is -0.640. The van der Waals surface area contributed by atoms with Gasteiger partial charge in [-0.25, -0.2) is 8.78 Å². The lowest BCUT2D eigenvalue weighted by Gasteiger charge is -2.13. The van der Waals surface area contributed by atoms with Crippen molar-refractivity contribution >= 4 is 15.9 Å². The molecule has 14 heavy (non-hydrogen) atoms. The number of hydrogen-bond acceptors (Lipinski definition) is 1. The average Bonchev–Trinajstić information content (AvgIpc) is 2.14. The lowest BCUT2D eigenvalue weighted by Crippen LogP contribution is -2.10. The van der Waals surface area contributed by atoms with Gasteiger partial charge in [-0.1, -0.05) is 6.92 Å². The summed E-state index contributed by atoms with van der Waals surface area (Å²) in [6.07, 6.45) is 0.794. The Morgan fingerprint density at radius 3 is 2.50 bits per heavy atom. The van der Waals surface area contributed by atoms with Gasteiger partial charge in [-0.2, -0.15) is 0 Å². The number of rotatable bonds is 3. The summed E-state index contributed by atoms with van der Waals surface area (Å²) in [5, 5.41) is 0. The summed E-state index contributed by atoms with van der Waals surface area (Å²) in [5.41, 5.74) is 0. The van der Waals surface area contributed by atoms with Crippen LogP contribution in [0, 0.1) is 11.6 Å². The predicted molar refractivity (Wildman–Crippen MR) is 54.4 cm³/mol. The first kappa shape index (κ1) is 11.4. The highest BCUT2D eigenvalue weighted by atomic mass is 79.9. The Morgan fingerprint density at radius 1 is 1.36 bits per heavy atom. The smallest absolute Gasteiger partial charge is 0.162 e. The van der Waals surface area contributed by atoms with Crippen LogP contribution in [0.2, 0.25) is 0 Å². The molecule has 0 saturated heterocycles. The van der Waals surface area contributed by atoms with E-state index in [2.05, 4.69) is 15.9 Å². The minimum absolute atomic E-state index is 0.0174. The summed E-state index contributed by atoms with van der Waals surface area (Å²) in [7, 11) is 0. The second kappa shape index (κ2) is 4.73. The summed E-state index contributed by atoms with van der Waals surface area (Å²) in [4.78, 5) is 0. The highest BCUT2D eigenvalue weighted by Crippen LogP contribution is 2.28. The van der Waals surface area contributed by atoms with Crippen molar-refractivity contribution in [1.82, 2.24) is 0 Å². The third kappa shape index (κ3) is 2.67. The molecule has 4 heteroatoms. The fourth-order valence-electron chi connectivity index (χ4n) is 0.895. The molecule has 78 valence electrons. The number of ether oxygens (including phenoxy) is 1. The molecule has 1 atom stereocenters. The van der Waals surface area contributed by atoms with Crippen LogP contribution in [0.25, 0.3) is 0 Å². The summed E-state index contributed by atoms with van der Waals surface area (Å²) in [6.45, 7) is 3.83. The molecule has 0 N–H and O–H groups in total. The normalized spacial score (nSPS) is 12.6. The minimum atomic E-state index is -0.897. The van der Waals surface area contributed by atoms with Gasteiger partial charge in [-0.15, -0.1) is 0 Å². The lowest BCUT2D eigenvalue weighted by molar-refractivity contribution is 0.214. The van der Waals surface area contributed by atoms with Gasteiger partial charge in [0.05, 0.1) is 10.6 Å². The molecule has 0 aliphatic rings. The fourth-order valence-corrected chi connectivity index (χ4v) is 1.30. The van der Waals surface area contributed by atoms with Crippen LogP contribution >= 0.6 is 15.9 Å². The SMILES string of the molecule is CCC(C)Oc1cc(F)c(F)cc1Br. The highest BCUT2D eigenvalue weighted by molar-refractivity contribution is 9.10. The van der Waals surface area contributed by atoms with Crippen LogP contribution in [0.15, 0.2) is 16.6 Å². The van der Waals surface area contributed by atoms with Gasteiger partial charge < -0.3 is 4.74 Å². The lowest BCUT2D eigenvalue weighted by atomic mass is 10.3.